The van der Waals surface area contributed by atoms with Crippen LogP contribution < -0.4 is 5.32 Å². The van der Waals surface area contributed by atoms with Crippen LogP contribution in [0.5, 0.6) is 0 Å². The van der Waals surface area contributed by atoms with Crippen molar-refractivity contribution >= 4 is 10.9 Å². The zero-order chi connectivity index (χ0) is 12.3. The summed E-state index contributed by atoms with van der Waals surface area (Å²) >= 11 is 0. The van der Waals surface area contributed by atoms with Gasteiger partial charge in [-0.05, 0) is 25.5 Å². The summed E-state index contributed by atoms with van der Waals surface area (Å²) in [6, 6.07) is 8.93. The average Bonchev–Trinajstić information content (AvgIpc) is 2.69. The monoisotopic (exact) mass is 232 g/mol. The Kier molecular flexibility index (Phi) is 3.82. The molecule has 0 unspecified atom stereocenters. The fourth-order valence-corrected chi connectivity index (χ4v) is 2.15. The second kappa shape index (κ2) is 5.34. The summed E-state index contributed by atoms with van der Waals surface area (Å²) in [5.74, 6) is 0. The Labute approximate surface area is 102 Å². The SMILES string of the molecule is CC(C)n1cc(CNCCO)c2ccccc21. The van der Waals surface area contributed by atoms with E-state index in [0.717, 1.165) is 6.54 Å². The van der Waals surface area contributed by atoms with Crippen molar-refractivity contribution in [1.29, 1.82) is 0 Å². The number of hydrogen-bond acceptors (Lipinski definition) is 2. The van der Waals surface area contributed by atoms with Crippen molar-refractivity contribution in [2.45, 2.75) is 26.4 Å². The summed E-state index contributed by atoms with van der Waals surface area (Å²) < 4.78 is 2.30. The van der Waals surface area contributed by atoms with Gasteiger partial charge in [-0.25, -0.2) is 0 Å². The van der Waals surface area contributed by atoms with Gasteiger partial charge in [-0.1, -0.05) is 18.2 Å². The van der Waals surface area contributed by atoms with Gasteiger partial charge in [0, 0.05) is 36.2 Å². The van der Waals surface area contributed by atoms with Crippen molar-refractivity contribution in [3.63, 3.8) is 0 Å². The lowest BCUT2D eigenvalue weighted by Crippen LogP contribution is -2.17. The first-order chi connectivity index (χ1) is 8.24. The Morgan fingerprint density at radius 1 is 1.29 bits per heavy atom. The fourth-order valence-electron chi connectivity index (χ4n) is 2.15. The van der Waals surface area contributed by atoms with Gasteiger partial charge >= 0.3 is 0 Å². The number of nitrogens with zero attached hydrogens (tertiary/aromatic N) is 1. The molecule has 0 amide bonds. The molecule has 92 valence electrons. The van der Waals surface area contributed by atoms with Crippen LogP contribution in [0.4, 0.5) is 0 Å². The Hall–Kier alpha value is -1.32. The summed E-state index contributed by atoms with van der Waals surface area (Å²) in [6.45, 7) is 6.01. The summed E-state index contributed by atoms with van der Waals surface area (Å²) in [6.07, 6.45) is 2.21. The average molecular weight is 232 g/mol. The van der Waals surface area contributed by atoms with E-state index in [1.165, 1.54) is 16.5 Å². The number of nitrogens with one attached hydrogen (secondary N) is 1. The van der Waals surface area contributed by atoms with Gasteiger partial charge in [0.1, 0.15) is 0 Å². The molecule has 1 heterocycles. The number of aliphatic hydroxyl groups is 1. The van der Waals surface area contributed by atoms with Crippen LogP contribution in [0.25, 0.3) is 10.9 Å². The number of fused-ring (bicyclic) bond motifs is 1. The van der Waals surface area contributed by atoms with E-state index in [4.69, 9.17) is 5.11 Å². The van der Waals surface area contributed by atoms with Gasteiger partial charge in [-0.2, -0.15) is 0 Å². The van der Waals surface area contributed by atoms with Crippen LogP contribution in [0.3, 0.4) is 0 Å². The van der Waals surface area contributed by atoms with Crippen LogP contribution in [0.2, 0.25) is 0 Å². The van der Waals surface area contributed by atoms with Crippen molar-refractivity contribution in [3.05, 3.63) is 36.0 Å². The maximum absolute atomic E-state index is 8.78. The molecule has 17 heavy (non-hydrogen) atoms. The highest BCUT2D eigenvalue weighted by molar-refractivity contribution is 5.84. The smallest absolute Gasteiger partial charge is 0.0556 e. The second-order valence-electron chi connectivity index (χ2n) is 4.57. The van der Waals surface area contributed by atoms with Gasteiger partial charge in [0.2, 0.25) is 0 Å². The molecule has 0 fully saturated rings. The molecule has 2 aromatic rings. The topological polar surface area (TPSA) is 37.2 Å². The third kappa shape index (κ3) is 2.51. The third-order valence-electron chi connectivity index (χ3n) is 2.98. The van der Waals surface area contributed by atoms with Crippen LogP contribution in [0.1, 0.15) is 25.5 Å². The number of para-hydroxylation sites is 1. The van der Waals surface area contributed by atoms with E-state index < -0.39 is 0 Å². The molecule has 0 saturated carbocycles. The molecule has 0 atom stereocenters. The molecule has 0 aliphatic carbocycles. The largest absolute Gasteiger partial charge is 0.395 e. The Morgan fingerprint density at radius 3 is 2.76 bits per heavy atom. The molecule has 0 aliphatic rings. The van der Waals surface area contributed by atoms with E-state index in [0.29, 0.717) is 12.6 Å². The van der Waals surface area contributed by atoms with E-state index in [9.17, 15) is 0 Å². The second-order valence-corrected chi connectivity index (χ2v) is 4.57. The number of rotatable bonds is 5. The van der Waals surface area contributed by atoms with E-state index >= 15 is 0 Å². The summed E-state index contributed by atoms with van der Waals surface area (Å²) in [7, 11) is 0. The maximum atomic E-state index is 8.78. The molecule has 3 nitrogen and oxygen atoms in total. The van der Waals surface area contributed by atoms with Crippen LogP contribution in [0, 0.1) is 0 Å². The number of hydrogen-bond donors (Lipinski definition) is 2. The minimum Gasteiger partial charge on any atom is -0.395 e. The van der Waals surface area contributed by atoms with Crippen LogP contribution >= 0.6 is 0 Å². The molecule has 1 aromatic carbocycles. The lowest BCUT2D eigenvalue weighted by Gasteiger charge is -2.08. The number of benzene rings is 1. The highest BCUT2D eigenvalue weighted by Crippen LogP contribution is 2.24. The third-order valence-corrected chi connectivity index (χ3v) is 2.98. The summed E-state index contributed by atoms with van der Waals surface area (Å²) in [4.78, 5) is 0. The highest BCUT2D eigenvalue weighted by Gasteiger charge is 2.09. The Morgan fingerprint density at radius 2 is 2.06 bits per heavy atom. The first-order valence-electron chi connectivity index (χ1n) is 6.14. The van der Waals surface area contributed by atoms with Crippen LogP contribution in [-0.2, 0) is 6.54 Å². The zero-order valence-electron chi connectivity index (χ0n) is 10.5. The molecule has 0 spiro atoms. The van der Waals surface area contributed by atoms with E-state index in [-0.39, 0.29) is 6.61 Å². The van der Waals surface area contributed by atoms with Gasteiger partial charge in [-0.3, -0.25) is 0 Å². The minimum absolute atomic E-state index is 0.183. The summed E-state index contributed by atoms with van der Waals surface area (Å²) in [5, 5.41) is 13.3. The van der Waals surface area contributed by atoms with E-state index in [1.807, 2.05) is 0 Å². The Bertz CT molecular complexity index is 488. The lowest BCUT2D eigenvalue weighted by molar-refractivity contribution is 0.292. The fraction of sp³-hybridized carbons (Fsp3) is 0.429. The first-order valence-corrected chi connectivity index (χ1v) is 6.14. The molecule has 0 radical (unpaired) electrons. The van der Waals surface area contributed by atoms with Crippen molar-refractivity contribution in [1.82, 2.24) is 9.88 Å². The minimum atomic E-state index is 0.183. The predicted octanol–water partition coefficient (Wildman–Crippen LogP) is 2.30. The molecular weight excluding hydrogens is 212 g/mol. The van der Waals surface area contributed by atoms with E-state index in [2.05, 4.69) is 54.2 Å². The Balaban J connectivity index is 2.35. The van der Waals surface area contributed by atoms with Crippen LogP contribution in [0.15, 0.2) is 30.5 Å². The number of aromatic nitrogens is 1. The molecule has 0 saturated heterocycles. The van der Waals surface area contributed by atoms with Gasteiger partial charge in [0.05, 0.1) is 6.61 Å². The van der Waals surface area contributed by atoms with Gasteiger partial charge < -0.3 is 15.0 Å². The molecule has 3 heteroatoms. The molecule has 2 N–H and O–H groups in total. The standard InChI is InChI=1S/C14H20N2O/c1-11(2)16-10-12(9-15-7-8-17)13-5-3-4-6-14(13)16/h3-6,10-11,15,17H,7-9H2,1-2H3. The molecule has 0 bridgehead atoms. The van der Waals surface area contributed by atoms with Crippen molar-refractivity contribution in [2.24, 2.45) is 0 Å². The number of aliphatic hydroxyl groups excluding tert-OH is 1. The first kappa shape index (κ1) is 12.1. The molecule has 1 aromatic heterocycles. The maximum Gasteiger partial charge on any atom is 0.0556 e. The quantitative estimate of drug-likeness (QED) is 0.776. The molecule has 0 aliphatic heterocycles. The predicted molar refractivity (Wildman–Crippen MR) is 71.1 cm³/mol. The zero-order valence-corrected chi connectivity index (χ0v) is 10.5. The molecular formula is C14H20N2O. The summed E-state index contributed by atoms with van der Waals surface area (Å²) in [5.41, 5.74) is 2.58. The van der Waals surface area contributed by atoms with Crippen LogP contribution in [-0.4, -0.2) is 22.8 Å². The van der Waals surface area contributed by atoms with Crippen molar-refractivity contribution < 1.29 is 5.11 Å². The van der Waals surface area contributed by atoms with Crippen molar-refractivity contribution in [3.8, 4) is 0 Å². The van der Waals surface area contributed by atoms with Gasteiger partial charge in [0.25, 0.3) is 0 Å². The van der Waals surface area contributed by atoms with Crippen molar-refractivity contribution in [2.75, 3.05) is 13.2 Å². The van der Waals surface area contributed by atoms with Gasteiger partial charge in [-0.15, -0.1) is 0 Å². The van der Waals surface area contributed by atoms with Gasteiger partial charge in [0.15, 0.2) is 0 Å². The van der Waals surface area contributed by atoms with E-state index in [1.54, 1.807) is 0 Å². The molecule has 2 rings (SSSR count). The normalized spacial score (nSPS) is 11.5. The lowest BCUT2D eigenvalue weighted by atomic mass is 10.2. The highest BCUT2D eigenvalue weighted by atomic mass is 16.3.